The summed E-state index contributed by atoms with van der Waals surface area (Å²) >= 11 is 0. The SMILES string of the molecule is Cc1cc(C)c(S(=O)(=O)N2CCOC(C)C2)cc1C(=O)O. The molecule has 1 heterocycles. The molecule has 0 amide bonds. The Morgan fingerprint density at radius 1 is 1.33 bits per heavy atom. The Balaban J connectivity index is 2.49. The Kier molecular flexibility index (Phi) is 4.36. The standard InChI is InChI=1S/C14H19NO5S/c1-9-6-10(2)13(7-12(9)14(16)17)21(18,19)15-4-5-20-11(3)8-15/h6-7,11H,4-5,8H2,1-3H3,(H,16,17). The number of benzene rings is 1. The summed E-state index contributed by atoms with van der Waals surface area (Å²) in [5.41, 5.74) is 1.12. The fourth-order valence-electron chi connectivity index (χ4n) is 2.48. The molecule has 1 aliphatic rings. The van der Waals surface area contributed by atoms with E-state index in [0.717, 1.165) is 0 Å². The van der Waals surface area contributed by atoms with Crippen LogP contribution in [0.4, 0.5) is 0 Å². The van der Waals surface area contributed by atoms with Gasteiger partial charge in [0.1, 0.15) is 0 Å². The Morgan fingerprint density at radius 3 is 2.57 bits per heavy atom. The molecule has 1 aromatic carbocycles. The Labute approximate surface area is 124 Å². The Bertz CT molecular complexity index is 668. The molecule has 6 nitrogen and oxygen atoms in total. The van der Waals surface area contributed by atoms with Crippen molar-refractivity contribution in [2.24, 2.45) is 0 Å². The van der Waals surface area contributed by atoms with Gasteiger partial charge in [0.05, 0.1) is 23.2 Å². The molecule has 0 aliphatic carbocycles. The third-order valence-corrected chi connectivity index (χ3v) is 5.58. The van der Waals surface area contributed by atoms with Crippen LogP contribution in [0.15, 0.2) is 17.0 Å². The maximum atomic E-state index is 12.7. The van der Waals surface area contributed by atoms with E-state index >= 15 is 0 Å². The van der Waals surface area contributed by atoms with Gasteiger partial charge in [0.25, 0.3) is 0 Å². The van der Waals surface area contributed by atoms with Gasteiger partial charge in [0.15, 0.2) is 0 Å². The molecule has 7 heteroatoms. The van der Waals surface area contributed by atoms with Gasteiger partial charge >= 0.3 is 5.97 Å². The minimum absolute atomic E-state index is 0.0143. The van der Waals surface area contributed by atoms with E-state index < -0.39 is 16.0 Å². The molecule has 1 atom stereocenters. The monoisotopic (exact) mass is 313 g/mol. The summed E-state index contributed by atoms with van der Waals surface area (Å²) in [7, 11) is -3.71. The zero-order valence-electron chi connectivity index (χ0n) is 12.3. The lowest BCUT2D eigenvalue weighted by Crippen LogP contribution is -2.44. The van der Waals surface area contributed by atoms with E-state index in [4.69, 9.17) is 4.74 Å². The second-order valence-electron chi connectivity index (χ2n) is 5.28. The molecule has 0 saturated carbocycles. The van der Waals surface area contributed by atoms with E-state index in [0.29, 0.717) is 17.7 Å². The molecule has 0 bridgehead atoms. The summed E-state index contributed by atoms with van der Waals surface area (Å²) in [5, 5.41) is 9.17. The first-order chi connectivity index (χ1) is 9.73. The number of aryl methyl sites for hydroxylation is 2. The molecule has 1 saturated heterocycles. The second-order valence-corrected chi connectivity index (χ2v) is 7.19. The van der Waals surface area contributed by atoms with Crippen LogP contribution in [-0.2, 0) is 14.8 Å². The summed E-state index contributed by atoms with van der Waals surface area (Å²) in [4.78, 5) is 11.3. The predicted octanol–water partition coefficient (Wildman–Crippen LogP) is 1.41. The van der Waals surface area contributed by atoms with E-state index in [1.165, 1.54) is 10.4 Å². The number of sulfonamides is 1. The first kappa shape index (κ1) is 15.9. The van der Waals surface area contributed by atoms with Gasteiger partial charge in [-0.2, -0.15) is 4.31 Å². The van der Waals surface area contributed by atoms with Crippen molar-refractivity contribution in [1.29, 1.82) is 0 Å². The van der Waals surface area contributed by atoms with Crippen LogP contribution in [-0.4, -0.2) is 49.6 Å². The molecule has 116 valence electrons. The first-order valence-electron chi connectivity index (χ1n) is 6.69. The predicted molar refractivity (Wildman–Crippen MR) is 77.0 cm³/mol. The van der Waals surface area contributed by atoms with Crippen LogP contribution in [0.2, 0.25) is 0 Å². The molecule has 0 aromatic heterocycles. The van der Waals surface area contributed by atoms with E-state index in [-0.39, 0.29) is 29.7 Å². The van der Waals surface area contributed by atoms with Gasteiger partial charge in [-0.1, -0.05) is 6.07 Å². The zero-order chi connectivity index (χ0) is 15.8. The average molecular weight is 313 g/mol. The average Bonchev–Trinajstić information content (AvgIpc) is 2.37. The molecule has 0 radical (unpaired) electrons. The van der Waals surface area contributed by atoms with E-state index in [1.54, 1.807) is 19.9 Å². The van der Waals surface area contributed by atoms with Gasteiger partial charge in [-0.25, -0.2) is 13.2 Å². The quantitative estimate of drug-likeness (QED) is 0.912. The summed E-state index contributed by atoms with van der Waals surface area (Å²) in [6.45, 7) is 6.04. The molecule has 1 aromatic rings. The van der Waals surface area contributed by atoms with Crippen LogP contribution < -0.4 is 0 Å². The molecule has 1 aliphatic heterocycles. The maximum Gasteiger partial charge on any atom is 0.335 e. The van der Waals surface area contributed by atoms with Crippen LogP contribution in [0.3, 0.4) is 0 Å². The smallest absolute Gasteiger partial charge is 0.335 e. The van der Waals surface area contributed by atoms with Crippen LogP contribution in [0, 0.1) is 13.8 Å². The molecule has 1 unspecified atom stereocenters. The lowest BCUT2D eigenvalue weighted by Gasteiger charge is -2.30. The highest BCUT2D eigenvalue weighted by atomic mass is 32.2. The minimum Gasteiger partial charge on any atom is -0.478 e. The van der Waals surface area contributed by atoms with Crippen molar-refractivity contribution in [3.05, 3.63) is 28.8 Å². The number of carboxylic acids is 1. The van der Waals surface area contributed by atoms with E-state index in [2.05, 4.69) is 0 Å². The third kappa shape index (κ3) is 3.09. The number of morpholine rings is 1. The number of aromatic carboxylic acids is 1. The fourth-order valence-corrected chi connectivity index (χ4v) is 4.22. The molecule has 0 spiro atoms. The summed E-state index contributed by atoms with van der Waals surface area (Å²) in [6, 6.07) is 2.85. The maximum absolute atomic E-state index is 12.7. The van der Waals surface area contributed by atoms with Crippen LogP contribution in [0.1, 0.15) is 28.4 Å². The number of hydrogen-bond donors (Lipinski definition) is 1. The highest BCUT2D eigenvalue weighted by molar-refractivity contribution is 7.89. The lowest BCUT2D eigenvalue weighted by molar-refractivity contribution is 0.0101. The highest BCUT2D eigenvalue weighted by Crippen LogP contribution is 2.25. The van der Waals surface area contributed by atoms with E-state index in [1.807, 2.05) is 6.92 Å². The van der Waals surface area contributed by atoms with Crippen molar-refractivity contribution >= 4 is 16.0 Å². The fraction of sp³-hybridized carbons (Fsp3) is 0.500. The lowest BCUT2D eigenvalue weighted by atomic mass is 10.1. The van der Waals surface area contributed by atoms with Gasteiger partial charge in [-0.05, 0) is 38.0 Å². The van der Waals surface area contributed by atoms with Crippen molar-refractivity contribution in [3.63, 3.8) is 0 Å². The normalized spacial score (nSPS) is 20.4. The first-order valence-corrected chi connectivity index (χ1v) is 8.13. The minimum atomic E-state index is -3.71. The van der Waals surface area contributed by atoms with Gasteiger partial charge < -0.3 is 9.84 Å². The van der Waals surface area contributed by atoms with Crippen LogP contribution >= 0.6 is 0 Å². The van der Waals surface area contributed by atoms with Crippen molar-refractivity contribution in [3.8, 4) is 0 Å². The molecule has 1 fully saturated rings. The number of carbonyl (C=O) groups is 1. The number of rotatable bonds is 3. The van der Waals surface area contributed by atoms with Crippen LogP contribution in [0.25, 0.3) is 0 Å². The van der Waals surface area contributed by atoms with Gasteiger partial charge in [0.2, 0.25) is 10.0 Å². The summed E-state index contributed by atoms with van der Waals surface area (Å²) < 4.78 is 32.1. The largest absolute Gasteiger partial charge is 0.478 e. The number of nitrogens with zero attached hydrogens (tertiary/aromatic N) is 1. The van der Waals surface area contributed by atoms with Crippen molar-refractivity contribution < 1.29 is 23.1 Å². The summed E-state index contributed by atoms with van der Waals surface area (Å²) in [5.74, 6) is -1.13. The molecule has 2 rings (SSSR count). The highest BCUT2D eigenvalue weighted by Gasteiger charge is 2.31. The molecular weight excluding hydrogens is 294 g/mol. The zero-order valence-corrected chi connectivity index (χ0v) is 13.1. The number of carboxylic acid groups (broad SMARTS) is 1. The molecule has 21 heavy (non-hydrogen) atoms. The number of ether oxygens (including phenoxy) is 1. The summed E-state index contributed by atoms with van der Waals surface area (Å²) in [6.07, 6.45) is -0.168. The van der Waals surface area contributed by atoms with Crippen LogP contribution in [0.5, 0.6) is 0 Å². The van der Waals surface area contributed by atoms with Gasteiger partial charge in [-0.3, -0.25) is 0 Å². The van der Waals surface area contributed by atoms with Crippen molar-refractivity contribution in [2.45, 2.75) is 31.8 Å². The van der Waals surface area contributed by atoms with E-state index in [9.17, 15) is 18.3 Å². The van der Waals surface area contributed by atoms with Crippen molar-refractivity contribution in [1.82, 2.24) is 4.31 Å². The molecular formula is C14H19NO5S. The second kappa shape index (κ2) is 5.75. The van der Waals surface area contributed by atoms with Crippen molar-refractivity contribution in [2.75, 3.05) is 19.7 Å². The Morgan fingerprint density at radius 2 is 2.00 bits per heavy atom. The molecule has 1 N–H and O–H groups in total. The third-order valence-electron chi connectivity index (χ3n) is 3.57. The topological polar surface area (TPSA) is 83.9 Å². The number of hydrogen-bond acceptors (Lipinski definition) is 4. The Hall–Kier alpha value is -1.44. The van der Waals surface area contributed by atoms with Gasteiger partial charge in [-0.15, -0.1) is 0 Å². The van der Waals surface area contributed by atoms with Gasteiger partial charge in [0, 0.05) is 13.1 Å².